The van der Waals surface area contributed by atoms with E-state index in [4.69, 9.17) is 18.9 Å². The summed E-state index contributed by atoms with van der Waals surface area (Å²) in [6.07, 6.45) is 12.1. The average Bonchev–Trinajstić information content (AvgIpc) is 2.59. The van der Waals surface area contributed by atoms with Gasteiger partial charge in [0.05, 0.1) is 31.8 Å². The number of hydrogen-bond acceptors (Lipinski definition) is 4. The van der Waals surface area contributed by atoms with Crippen molar-refractivity contribution in [2.45, 2.75) is 90.6 Å². The second kappa shape index (κ2) is 10.7. The van der Waals surface area contributed by atoms with E-state index in [0.29, 0.717) is 26.4 Å². The molecule has 4 heteroatoms. The van der Waals surface area contributed by atoms with E-state index in [0.717, 1.165) is 12.8 Å². The highest BCUT2D eigenvalue weighted by atomic mass is 16.7. The fraction of sp³-hybridized carbons (Fsp3) is 1.00. The third-order valence-electron chi connectivity index (χ3n) is 4.89. The molecule has 0 aliphatic carbocycles. The van der Waals surface area contributed by atoms with Gasteiger partial charge in [-0.15, -0.1) is 0 Å². The van der Waals surface area contributed by atoms with Gasteiger partial charge in [0.1, 0.15) is 0 Å². The summed E-state index contributed by atoms with van der Waals surface area (Å²) in [7, 11) is 0. The standard InChI is InChI=1S/C19H36O4/c1-3-5-7-9-11-17-20-13-19(14-21-17)15-22-18(23-16-19)12-10-8-6-4-2/h17-18H,3-16H2,1-2H3. The van der Waals surface area contributed by atoms with Crippen molar-refractivity contribution in [2.75, 3.05) is 26.4 Å². The first-order chi connectivity index (χ1) is 11.3. The topological polar surface area (TPSA) is 36.9 Å². The number of hydrogen-bond donors (Lipinski definition) is 0. The normalized spacial score (nSPS) is 31.6. The molecule has 2 saturated heterocycles. The van der Waals surface area contributed by atoms with Crippen LogP contribution in [0.1, 0.15) is 78.1 Å². The Bertz CT molecular complexity index is 258. The number of unbranched alkanes of at least 4 members (excludes halogenated alkanes) is 6. The SMILES string of the molecule is CCCCCCC1OCC2(CO1)COC(CCCCCC)OC2. The minimum atomic E-state index is -0.0835. The molecule has 2 fully saturated rings. The van der Waals surface area contributed by atoms with Gasteiger partial charge in [0.2, 0.25) is 0 Å². The van der Waals surface area contributed by atoms with Crippen molar-refractivity contribution in [1.82, 2.24) is 0 Å². The van der Waals surface area contributed by atoms with Gasteiger partial charge in [-0.2, -0.15) is 0 Å². The smallest absolute Gasteiger partial charge is 0.157 e. The van der Waals surface area contributed by atoms with Gasteiger partial charge in [-0.1, -0.05) is 52.4 Å². The van der Waals surface area contributed by atoms with Crippen LogP contribution >= 0.6 is 0 Å². The molecule has 0 unspecified atom stereocenters. The van der Waals surface area contributed by atoms with Gasteiger partial charge < -0.3 is 18.9 Å². The van der Waals surface area contributed by atoms with Crippen LogP contribution in [0.15, 0.2) is 0 Å². The molecule has 0 N–H and O–H groups in total. The maximum atomic E-state index is 5.92. The van der Waals surface area contributed by atoms with Crippen molar-refractivity contribution >= 4 is 0 Å². The molecule has 2 heterocycles. The van der Waals surface area contributed by atoms with Gasteiger partial charge in [0.25, 0.3) is 0 Å². The summed E-state index contributed by atoms with van der Waals surface area (Å²) in [6, 6.07) is 0. The van der Waals surface area contributed by atoms with Crippen LogP contribution in [-0.4, -0.2) is 39.0 Å². The summed E-state index contributed by atoms with van der Waals surface area (Å²) in [6.45, 7) is 7.28. The van der Waals surface area contributed by atoms with Crippen LogP contribution in [0.2, 0.25) is 0 Å². The first-order valence-corrected chi connectivity index (χ1v) is 9.74. The summed E-state index contributed by atoms with van der Waals surface area (Å²) in [5, 5.41) is 0. The second-order valence-corrected chi connectivity index (χ2v) is 7.30. The maximum absolute atomic E-state index is 5.92. The molecule has 0 amide bonds. The third-order valence-corrected chi connectivity index (χ3v) is 4.89. The average molecular weight is 328 g/mol. The van der Waals surface area contributed by atoms with Gasteiger partial charge in [-0.05, 0) is 25.7 Å². The summed E-state index contributed by atoms with van der Waals surface area (Å²) in [5.41, 5.74) is -0.0835. The van der Waals surface area contributed by atoms with E-state index >= 15 is 0 Å². The Hall–Kier alpha value is -0.160. The van der Waals surface area contributed by atoms with Crippen molar-refractivity contribution < 1.29 is 18.9 Å². The molecule has 0 aromatic carbocycles. The van der Waals surface area contributed by atoms with Crippen LogP contribution in [0.3, 0.4) is 0 Å². The molecule has 0 radical (unpaired) electrons. The lowest BCUT2D eigenvalue weighted by Crippen LogP contribution is -2.52. The molecule has 0 atom stereocenters. The lowest BCUT2D eigenvalue weighted by molar-refractivity contribution is -0.304. The predicted octanol–water partition coefficient (Wildman–Crippen LogP) is 4.66. The number of rotatable bonds is 10. The number of ether oxygens (including phenoxy) is 4. The molecule has 2 rings (SSSR count). The molecule has 0 aromatic heterocycles. The zero-order valence-corrected chi connectivity index (χ0v) is 15.2. The summed E-state index contributed by atoms with van der Waals surface area (Å²) >= 11 is 0. The summed E-state index contributed by atoms with van der Waals surface area (Å²) < 4.78 is 23.7. The lowest BCUT2D eigenvalue weighted by Gasteiger charge is -2.43. The zero-order chi connectivity index (χ0) is 16.4. The van der Waals surface area contributed by atoms with Crippen molar-refractivity contribution in [3.8, 4) is 0 Å². The van der Waals surface area contributed by atoms with Crippen molar-refractivity contribution in [1.29, 1.82) is 0 Å². The van der Waals surface area contributed by atoms with Crippen LogP contribution in [0.4, 0.5) is 0 Å². The quantitative estimate of drug-likeness (QED) is 0.547. The van der Waals surface area contributed by atoms with Crippen molar-refractivity contribution in [3.05, 3.63) is 0 Å². The van der Waals surface area contributed by atoms with Crippen molar-refractivity contribution in [3.63, 3.8) is 0 Å². The van der Waals surface area contributed by atoms with E-state index in [2.05, 4.69) is 13.8 Å². The Morgan fingerprint density at radius 2 is 1.00 bits per heavy atom. The molecular formula is C19H36O4. The Balaban J connectivity index is 1.58. The highest BCUT2D eigenvalue weighted by molar-refractivity contribution is 4.84. The largest absolute Gasteiger partial charge is 0.352 e. The van der Waals surface area contributed by atoms with Gasteiger partial charge in [-0.25, -0.2) is 0 Å². The molecule has 4 nitrogen and oxygen atoms in total. The Morgan fingerprint density at radius 3 is 1.35 bits per heavy atom. The minimum absolute atomic E-state index is 0.0238. The molecule has 2 aliphatic rings. The molecular weight excluding hydrogens is 292 g/mol. The van der Waals surface area contributed by atoms with Crippen LogP contribution < -0.4 is 0 Å². The van der Waals surface area contributed by atoms with Crippen LogP contribution in [0.5, 0.6) is 0 Å². The van der Waals surface area contributed by atoms with Crippen LogP contribution in [0, 0.1) is 5.41 Å². The van der Waals surface area contributed by atoms with E-state index in [1.165, 1.54) is 51.4 Å². The first kappa shape index (κ1) is 19.2. The maximum Gasteiger partial charge on any atom is 0.157 e. The Kier molecular flexibility index (Phi) is 8.88. The van der Waals surface area contributed by atoms with E-state index in [-0.39, 0.29) is 18.0 Å². The van der Waals surface area contributed by atoms with Gasteiger partial charge in [0.15, 0.2) is 12.6 Å². The van der Waals surface area contributed by atoms with E-state index < -0.39 is 0 Å². The Morgan fingerprint density at radius 1 is 0.609 bits per heavy atom. The fourth-order valence-corrected chi connectivity index (χ4v) is 3.23. The second-order valence-electron chi connectivity index (χ2n) is 7.30. The molecule has 0 saturated carbocycles. The van der Waals surface area contributed by atoms with E-state index in [1.807, 2.05) is 0 Å². The highest BCUT2D eigenvalue weighted by Crippen LogP contribution is 2.32. The van der Waals surface area contributed by atoms with Crippen LogP contribution in [-0.2, 0) is 18.9 Å². The molecule has 2 aliphatic heterocycles. The third kappa shape index (κ3) is 6.69. The van der Waals surface area contributed by atoms with E-state index in [1.54, 1.807) is 0 Å². The lowest BCUT2D eigenvalue weighted by atomic mass is 9.90. The molecule has 136 valence electrons. The first-order valence-electron chi connectivity index (χ1n) is 9.74. The molecule has 1 spiro atoms. The zero-order valence-electron chi connectivity index (χ0n) is 15.2. The van der Waals surface area contributed by atoms with Gasteiger partial charge in [0, 0.05) is 0 Å². The monoisotopic (exact) mass is 328 g/mol. The highest BCUT2D eigenvalue weighted by Gasteiger charge is 2.41. The van der Waals surface area contributed by atoms with Crippen LogP contribution in [0.25, 0.3) is 0 Å². The summed E-state index contributed by atoms with van der Waals surface area (Å²) in [4.78, 5) is 0. The predicted molar refractivity (Wildman–Crippen MR) is 91.3 cm³/mol. The fourth-order valence-electron chi connectivity index (χ4n) is 3.23. The Labute approximate surface area is 142 Å². The molecule has 0 aromatic rings. The molecule has 0 bridgehead atoms. The van der Waals surface area contributed by atoms with Gasteiger partial charge >= 0.3 is 0 Å². The van der Waals surface area contributed by atoms with Crippen molar-refractivity contribution in [2.24, 2.45) is 5.41 Å². The summed E-state index contributed by atoms with van der Waals surface area (Å²) in [5.74, 6) is 0. The minimum Gasteiger partial charge on any atom is -0.352 e. The van der Waals surface area contributed by atoms with Gasteiger partial charge in [-0.3, -0.25) is 0 Å². The van der Waals surface area contributed by atoms with E-state index in [9.17, 15) is 0 Å². The molecule has 23 heavy (non-hydrogen) atoms.